The molecular weight excluding hydrogens is 428 g/mol. The zero-order valence-corrected chi connectivity index (χ0v) is 22.1. The van der Waals surface area contributed by atoms with Gasteiger partial charge < -0.3 is 20.4 Å². The minimum atomic E-state index is -1.37. The second-order valence-electron chi connectivity index (χ2n) is 8.98. The van der Waals surface area contributed by atoms with E-state index in [0.717, 1.165) is 37.2 Å². The van der Waals surface area contributed by atoms with Gasteiger partial charge in [-0.25, -0.2) is 0 Å². The normalized spacial score (nSPS) is 12.6. The van der Waals surface area contributed by atoms with Crippen LogP contribution in [0, 0.1) is 5.41 Å². The van der Waals surface area contributed by atoms with Crippen molar-refractivity contribution in [2.75, 3.05) is 31.3 Å². The first-order valence-electron chi connectivity index (χ1n) is 12.9. The molecule has 0 atom stereocenters. The van der Waals surface area contributed by atoms with Crippen molar-refractivity contribution in [3.63, 3.8) is 0 Å². The third kappa shape index (κ3) is 13.7. The monoisotopic (exact) mass is 480 g/mol. The zero-order chi connectivity index (χ0) is 23.3. The number of aliphatic hydroxyl groups excluding tert-OH is 3. The van der Waals surface area contributed by atoms with Crippen LogP contribution in [0.4, 0.5) is 0 Å². The molecule has 0 fully saturated rings. The van der Waals surface area contributed by atoms with Gasteiger partial charge in [-0.15, -0.1) is 23.5 Å². The lowest BCUT2D eigenvalue weighted by Crippen LogP contribution is -2.52. The highest BCUT2D eigenvalue weighted by Gasteiger charge is 2.50. The Bertz CT molecular complexity index is 348. The number of hydrogen-bond donors (Lipinski definition) is 4. The average Bonchev–Trinajstić information content (AvgIpc) is 2.78. The Kier molecular flexibility index (Phi) is 21.5. The lowest BCUT2D eigenvalue weighted by molar-refractivity contribution is -0.0617. The number of thioether (sulfide) groups is 2. The molecule has 0 saturated heterocycles. The summed E-state index contributed by atoms with van der Waals surface area (Å²) in [5, 5.41) is 41.0. The molecular formula is C25H52O4S2. The second-order valence-corrected chi connectivity index (χ2v) is 11.8. The van der Waals surface area contributed by atoms with Crippen LogP contribution < -0.4 is 0 Å². The highest BCUT2D eigenvalue weighted by molar-refractivity contribution is 8.18. The molecule has 0 radical (unpaired) electrons. The third-order valence-corrected chi connectivity index (χ3v) is 9.51. The van der Waals surface area contributed by atoms with E-state index in [1.54, 1.807) is 0 Å². The molecule has 0 bridgehead atoms. The lowest BCUT2D eigenvalue weighted by atomic mass is 9.92. The fourth-order valence-corrected chi connectivity index (χ4v) is 6.77. The highest BCUT2D eigenvalue weighted by atomic mass is 32.2. The third-order valence-electron chi connectivity index (χ3n) is 6.17. The predicted molar refractivity (Wildman–Crippen MR) is 139 cm³/mol. The van der Waals surface area contributed by atoms with Gasteiger partial charge in [0.2, 0.25) is 0 Å². The number of rotatable bonds is 24. The van der Waals surface area contributed by atoms with Crippen molar-refractivity contribution in [2.45, 2.75) is 121 Å². The van der Waals surface area contributed by atoms with Gasteiger partial charge in [0, 0.05) is 0 Å². The molecule has 0 aliphatic rings. The van der Waals surface area contributed by atoms with E-state index in [1.807, 2.05) is 0 Å². The molecule has 0 heterocycles. The van der Waals surface area contributed by atoms with Crippen molar-refractivity contribution in [1.29, 1.82) is 0 Å². The molecule has 0 aromatic rings. The van der Waals surface area contributed by atoms with E-state index in [0.29, 0.717) is 0 Å². The van der Waals surface area contributed by atoms with Crippen LogP contribution in [0.1, 0.15) is 117 Å². The summed E-state index contributed by atoms with van der Waals surface area (Å²) in [5.41, 5.74) is -1.29. The quantitative estimate of drug-likeness (QED) is 0.0953. The first-order chi connectivity index (χ1) is 15.1. The van der Waals surface area contributed by atoms with Gasteiger partial charge in [-0.2, -0.15) is 0 Å². The number of hydrogen-bond acceptors (Lipinski definition) is 6. The summed E-state index contributed by atoms with van der Waals surface area (Å²) in [6, 6.07) is 0. The minimum Gasteiger partial charge on any atom is -0.395 e. The summed E-state index contributed by atoms with van der Waals surface area (Å²) in [6.45, 7) is 3.19. The van der Waals surface area contributed by atoms with E-state index in [-0.39, 0.29) is 0 Å². The Hall–Kier alpha value is 0.540. The van der Waals surface area contributed by atoms with Crippen LogP contribution in [0.25, 0.3) is 0 Å². The Morgan fingerprint density at radius 3 is 1.06 bits per heavy atom. The van der Waals surface area contributed by atoms with Crippen LogP contribution >= 0.6 is 23.5 Å². The van der Waals surface area contributed by atoms with Crippen LogP contribution in [0.3, 0.4) is 0 Å². The van der Waals surface area contributed by atoms with Gasteiger partial charge in [0.15, 0.2) is 4.27 Å². The van der Waals surface area contributed by atoms with E-state index >= 15 is 0 Å². The Morgan fingerprint density at radius 1 is 0.484 bits per heavy atom. The molecule has 0 aromatic carbocycles. The molecule has 6 heteroatoms. The molecule has 0 aliphatic heterocycles. The second kappa shape index (κ2) is 21.1. The first-order valence-corrected chi connectivity index (χ1v) is 14.9. The average molecular weight is 481 g/mol. The smallest absolute Gasteiger partial charge is 0.169 e. The van der Waals surface area contributed by atoms with Crippen molar-refractivity contribution >= 4 is 23.5 Å². The summed E-state index contributed by atoms with van der Waals surface area (Å²) in [6.07, 6.45) is 19.8. The molecule has 0 aliphatic carbocycles. The van der Waals surface area contributed by atoms with Gasteiger partial charge in [0.25, 0.3) is 0 Å². The van der Waals surface area contributed by atoms with Gasteiger partial charge >= 0.3 is 0 Å². The molecule has 31 heavy (non-hydrogen) atoms. The summed E-state index contributed by atoms with van der Waals surface area (Å²) in [5.74, 6) is 1.55. The summed E-state index contributed by atoms with van der Waals surface area (Å²) in [4.78, 5) is 0. The lowest BCUT2D eigenvalue weighted by Gasteiger charge is -2.43. The predicted octanol–water partition coefficient (Wildman–Crippen LogP) is 6.34. The fourth-order valence-electron chi connectivity index (χ4n) is 3.69. The SMILES string of the molecule is CCCCCCCCCCSC(O)(SCCCCCCCCCC)C(CO)(CO)CO. The molecule has 0 aromatic heterocycles. The summed E-state index contributed by atoms with van der Waals surface area (Å²) < 4.78 is -1.37. The topological polar surface area (TPSA) is 80.9 Å². The fraction of sp³-hybridized carbons (Fsp3) is 1.00. The summed E-state index contributed by atoms with van der Waals surface area (Å²) in [7, 11) is 0. The number of aliphatic hydroxyl groups is 4. The van der Waals surface area contributed by atoms with Gasteiger partial charge in [-0.3, -0.25) is 0 Å². The Labute approximate surface area is 201 Å². The Morgan fingerprint density at radius 2 is 0.774 bits per heavy atom. The van der Waals surface area contributed by atoms with Crippen LogP contribution in [-0.4, -0.2) is 56.0 Å². The zero-order valence-electron chi connectivity index (χ0n) is 20.5. The van der Waals surface area contributed by atoms with E-state index in [1.165, 1.54) is 101 Å². The van der Waals surface area contributed by atoms with Crippen LogP contribution in [0.15, 0.2) is 0 Å². The highest BCUT2D eigenvalue weighted by Crippen LogP contribution is 2.49. The standard InChI is InChI=1S/C25H52O4S2/c1-3-5-7-9-11-13-15-17-19-30-25(29,24(21-26,22-27)23-28)31-20-18-16-14-12-10-8-6-4-2/h26-29H,3-23H2,1-2H3. The molecule has 4 N–H and O–H groups in total. The van der Waals surface area contributed by atoms with Crippen molar-refractivity contribution in [1.82, 2.24) is 0 Å². The van der Waals surface area contributed by atoms with Crippen molar-refractivity contribution in [3.8, 4) is 0 Å². The van der Waals surface area contributed by atoms with Crippen molar-refractivity contribution < 1.29 is 20.4 Å². The maximum absolute atomic E-state index is 11.4. The van der Waals surface area contributed by atoms with Gasteiger partial charge in [-0.05, 0) is 24.3 Å². The van der Waals surface area contributed by atoms with Crippen molar-refractivity contribution in [3.05, 3.63) is 0 Å². The Balaban J connectivity index is 4.34. The summed E-state index contributed by atoms with van der Waals surface area (Å²) >= 11 is 2.78. The van der Waals surface area contributed by atoms with Crippen LogP contribution in [0.2, 0.25) is 0 Å². The molecule has 0 unspecified atom stereocenters. The van der Waals surface area contributed by atoms with Gasteiger partial charge in [0.05, 0.1) is 25.2 Å². The maximum Gasteiger partial charge on any atom is 0.169 e. The minimum absolute atomic E-state index is 0.425. The number of unbranched alkanes of at least 4 members (excludes halogenated alkanes) is 14. The van der Waals surface area contributed by atoms with E-state index in [4.69, 9.17) is 0 Å². The van der Waals surface area contributed by atoms with Crippen LogP contribution in [-0.2, 0) is 0 Å². The van der Waals surface area contributed by atoms with Crippen LogP contribution in [0.5, 0.6) is 0 Å². The molecule has 0 rings (SSSR count). The van der Waals surface area contributed by atoms with E-state index in [2.05, 4.69) is 13.8 Å². The first kappa shape index (κ1) is 31.5. The largest absolute Gasteiger partial charge is 0.395 e. The van der Waals surface area contributed by atoms with E-state index < -0.39 is 29.5 Å². The van der Waals surface area contributed by atoms with Crippen molar-refractivity contribution in [2.24, 2.45) is 5.41 Å². The van der Waals surface area contributed by atoms with E-state index in [9.17, 15) is 20.4 Å². The van der Waals surface area contributed by atoms with Gasteiger partial charge in [-0.1, -0.05) is 104 Å². The van der Waals surface area contributed by atoms with Gasteiger partial charge in [0.1, 0.15) is 0 Å². The molecule has 188 valence electrons. The molecule has 4 nitrogen and oxygen atoms in total. The molecule has 0 amide bonds. The molecule has 0 saturated carbocycles. The molecule has 0 spiro atoms. The maximum atomic E-state index is 11.4.